The number of carbonyl (C=O) groups is 3. The Labute approximate surface area is 211 Å². The van der Waals surface area contributed by atoms with Crippen molar-refractivity contribution >= 4 is 45.6 Å². The Kier molecular flexibility index (Phi) is 9.14. The van der Waals surface area contributed by atoms with E-state index in [0.29, 0.717) is 33.6 Å². The minimum Gasteiger partial charge on any atom is -0.494 e. The molecule has 0 aromatic heterocycles. The zero-order valence-corrected chi connectivity index (χ0v) is 20.8. The zero-order chi connectivity index (χ0) is 25.2. The third-order valence-corrected chi connectivity index (χ3v) is 5.20. The highest BCUT2D eigenvalue weighted by Crippen LogP contribution is 2.23. The van der Waals surface area contributed by atoms with Gasteiger partial charge in [-0.15, -0.1) is 0 Å². The summed E-state index contributed by atoms with van der Waals surface area (Å²) in [5, 5.41) is 6.36. The van der Waals surface area contributed by atoms with Crippen LogP contribution in [-0.2, 0) is 9.59 Å². The Morgan fingerprint density at radius 1 is 1.00 bits per heavy atom. The second-order valence-electron chi connectivity index (χ2n) is 7.41. The van der Waals surface area contributed by atoms with E-state index in [4.69, 9.17) is 9.47 Å². The highest BCUT2D eigenvalue weighted by molar-refractivity contribution is 9.10. The van der Waals surface area contributed by atoms with Crippen LogP contribution in [0.3, 0.4) is 0 Å². The van der Waals surface area contributed by atoms with Gasteiger partial charge in [-0.05, 0) is 67.4 Å². The molecule has 0 saturated heterocycles. The Bertz CT molecular complexity index is 1240. The van der Waals surface area contributed by atoms with E-state index in [0.717, 1.165) is 12.0 Å². The van der Waals surface area contributed by atoms with Crippen LogP contribution in [0.15, 0.2) is 76.3 Å². The molecule has 0 unspecified atom stereocenters. The van der Waals surface area contributed by atoms with Gasteiger partial charge in [-0.1, -0.05) is 41.1 Å². The standard InChI is InChI=1S/C26H24BrN3O5/c1-3-14-34-21-11-8-18(9-12-21)26(33)35-23-13-10-20(27)15-19(23)16-28-30-25(32)24(31)29-22-7-5-4-6-17(22)2/h4-13,15-16H,3,14H2,1-2H3,(H,29,31)(H,30,32)/b28-16+. The average molecular weight is 538 g/mol. The molecule has 2 amide bonds. The van der Waals surface area contributed by atoms with Gasteiger partial charge >= 0.3 is 17.8 Å². The van der Waals surface area contributed by atoms with E-state index in [2.05, 4.69) is 31.8 Å². The van der Waals surface area contributed by atoms with Gasteiger partial charge in [-0.3, -0.25) is 9.59 Å². The number of amides is 2. The van der Waals surface area contributed by atoms with Crippen LogP contribution in [0.1, 0.15) is 34.8 Å². The summed E-state index contributed by atoms with van der Waals surface area (Å²) in [6, 6.07) is 18.7. The Morgan fingerprint density at radius 2 is 1.74 bits per heavy atom. The van der Waals surface area contributed by atoms with Crippen molar-refractivity contribution in [2.75, 3.05) is 11.9 Å². The van der Waals surface area contributed by atoms with Crippen molar-refractivity contribution in [2.45, 2.75) is 20.3 Å². The van der Waals surface area contributed by atoms with E-state index in [9.17, 15) is 14.4 Å². The lowest BCUT2D eigenvalue weighted by Crippen LogP contribution is -2.32. The van der Waals surface area contributed by atoms with Crippen molar-refractivity contribution in [3.63, 3.8) is 0 Å². The summed E-state index contributed by atoms with van der Waals surface area (Å²) < 4.78 is 11.8. The highest BCUT2D eigenvalue weighted by atomic mass is 79.9. The molecule has 180 valence electrons. The van der Waals surface area contributed by atoms with Crippen LogP contribution in [0.2, 0.25) is 0 Å². The second kappa shape index (κ2) is 12.5. The number of ether oxygens (including phenoxy) is 2. The van der Waals surface area contributed by atoms with Crippen LogP contribution < -0.4 is 20.2 Å². The Morgan fingerprint density at radius 3 is 2.46 bits per heavy atom. The lowest BCUT2D eigenvalue weighted by atomic mass is 10.2. The van der Waals surface area contributed by atoms with Gasteiger partial charge in [0.25, 0.3) is 0 Å². The van der Waals surface area contributed by atoms with Crippen molar-refractivity contribution < 1.29 is 23.9 Å². The number of esters is 1. The van der Waals surface area contributed by atoms with Crippen molar-refractivity contribution in [3.05, 3.63) is 87.9 Å². The average Bonchev–Trinajstić information content (AvgIpc) is 2.85. The van der Waals surface area contributed by atoms with Gasteiger partial charge < -0.3 is 14.8 Å². The number of hydrogen-bond acceptors (Lipinski definition) is 6. The largest absolute Gasteiger partial charge is 0.494 e. The van der Waals surface area contributed by atoms with Crippen molar-refractivity contribution in [2.24, 2.45) is 5.10 Å². The van der Waals surface area contributed by atoms with E-state index < -0.39 is 17.8 Å². The molecule has 0 fully saturated rings. The monoisotopic (exact) mass is 537 g/mol. The molecule has 0 spiro atoms. The molecule has 0 aliphatic carbocycles. The predicted molar refractivity (Wildman–Crippen MR) is 137 cm³/mol. The molecule has 0 atom stereocenters. The fraction of sp³-hybridized carbons (Fsp3) is 0.154. The number of rotatable bonds is 8. The van der Waals surface area contributed by atoms with Gasteiger partial charge in [0, 0.05) is 15.7 Å². The summed E-state index contributed by atoms with van der Waals surface area (Å²) in [5.41, 5.74) is 4.28. The Balaban J connectivity index is 1.64. The van der Waals surface area contributed by atoms with Gasteiger partial charge in [0.05, 0.1) is 18.4 Å². The van der Waals surface area contributed by atoms with Crippen LogP contribution in [-0.4, -0.2) is 30.6 Å². The van der Waals surface area contributed by atoms with Crippen LogP contribution in [0.4, 0.5) is 5.69 Å². The summed E-state index contributed by atoms with van der Waals surface area (Å²) in [4.78, 5) is 36.9. The highest BCUT2D eigenvalue weighted by Gasteiger charge is 2.15. The first-order valence-electron chi connectivity index (χ1n) is 10.8. The lowest BCUT2D eigenvalue weighted by molar-refractivity contribution is -0.136. The molecule has 9 heteroatoms. The molecule has 0 heterocycles. The fourth-order valence-electron chi connectivity index (χ4n) is 2.88. The normalized spacial score (nSPS) is 10.6. The van der Waals surface area contributed by atoms with E-state index in [1.54, 1.807) is 54.6 Å². The molecule has 35 heavy (non-hydrogen) atoms. The molecule has 3 aromatic rings. The molecule has 2 N–H and O–H groups in total. The molecule has 3 aromatic carbocycles. The number of benzene rings is 3. The maximum Gasteiger partial charge on any atom is 0.343 e. The molecule has 0 aliphatic heterocycles. The number of nitrogens with zero attached hydrogens (tertiary/aromatic N) is 1. The quantitative estimate of drug-likeness (QED) is 0.140. The predicted octanol–water partition coefficient (Wildman–Crippen LogP) is 4.85. The summed E-state index contributed by atoms with van der Waals surface area (Å²) in [6.45, 7) is 4.42. The second-order valence-corrected chi connectivity index (χ2v) is 8.33. The number of halogens is 1. The third kappa shape index (κ3) is 7.51. The SMILES string of the molecule is CCCOc1ccc(C(=O)Oc2ccc(Br)cc2/C=N/NC(=O)C(=O)Nc2ccccc2C)cc1. The smallest absolute Gasteiger partial charge is 0.343 e. The number of anilines is 1. The molecule has 3 rings (SSSR count). The van der Waals surface area contributed by atoms with Crippen LogP contribution >= 0.6 is 15.9 Å². The number of carbonyl (C=O) groups excluding carboxylic acids is 3. The van der Waals surface area contributed by atoms with E-state index in [1.165, 1.54) is 6.21 Å². The number of nitrogens with one attached hydrogen (secondary N) is 2. The topological polar surface area (TPSA) is 106 Å². The molecule has 0 radical (unpaired) electrons. The van der Waals surface area contributed by atoms with Gasteiger partial charge in [0.15, 0.2) is 0 Å². The molecular weight excluding hydrogens is 514 g/mol. The zero-order valence-electron chi connectivity index (χ0n) is 19.2. The summed E-state index contributed by atoms with van der Waals surface area (Å²) in [6.07, 6.45) is 2.17. The van der Waals surface area contributed by atoms with E-state index >= 15 is 0 Å². The lowest BCUT2D eigenvalue weighted by Gasteiger charge is -2.09. The number of para-hydroxylation sites is 1. The minimum absolute atomic E-state index is 0.229. The maximum absolute atomic E-state index is 12.6. The summed E-state index contributed by atoms with van der Waals surface area (Å²) in [5.74, 6) is -1.47. The molecular formula is C26H24BrN3O5. The molecule has 0 saturated carbocycles. The first-order valence-corrected chi connectivity index (χ1v) is 11.6. The first kappa shape index (κ1) is 25.6. The van der Waals surface area contributed by atoms with Crippen molar-refractivity contribution in [1.82, 2.24) is 5.43 Å². The van der Waals surface area contributed by atoms with Gasteiger partial charge in [0.1, 0.15) is 11.5 Å². The van der Waals surface area contributed by atoms with Crippen LogP contribution in [0, 0.1) is 6.92 Å². The van der Waals surface area contributed by atoms with Gasteiger partial charge in [-0.25, -0.2) is 10.2 Å². The molecule has 0 aliphatic rings. The van der Waals surface area contributed by atoms with Gasteiger partial charge in [-0.2, -0.15) is 5.10 Å². The van der Waals surface area contributed by atoms with Crippen molar-refractivity contribution in [3.8, 4) is 11.5 Å². The van der Waals surface area contributed by atoms with Crippen molar-refractivity contribution in [1.29, 1.82) is 0 Å². The number of hydrogen-bond donors (Lipinski definition) is 2. The molecule has 8 nitrogen and oxygen atoms in total. The third-order valence-electron chi connectivity index (χ3n) is 4.71. The number of aryl methyl sites for hydroxylation is 1. The minimum atomic E-state index is -0.941. The maximum atomic E-state index is 12.6. The van der Waals surface area contributed by atoms with E-state index in [1.807, 2.05) is 26.0 Å². The summed E-state index contributed by atoms with van der Waals surface area (Å²) in [7, 11) is 0. The van der Waals surface area contributed by atoms with Gasteiger partial charge in [0.2, 0.25) is 0 Å². The van der Waals surface area contributed by atoms with E-state index in [-0.39, 0.29) is 5.75 Å². The fourth-order valence-corrected chi connectivity index (χ4v) is 3.26. The van der Waals surface area contributed by atoms with Crippen LogP contribution in [0.5, 0.6) is 11.5 Å². The number of hydrazone groups is 1. The van der Waals surface area contributed by atoms with Crippen LogP contribution in [0.25, 0.3) is 0 Å². The molecule has 0 bridgehead atoms. The Hall–Kier alpha value is -3.98. The first-order chi connectivity index (χ1) is 16.9. The summed E-state index contributed by atoms with van der Waals surface area (Å²) >= 11 is 3.36.